The van der Waals surface area contributed by atoms with Gasteiger partial charge in [-0.05, 0) is 46.4 Å². The van der Waals surface area contributed by atoms with Crippen molar-refractivity contribution < 1.29 is 9.59 Å². The number of benzene rings is 2. The lowest BCUT2D eigenvalue weighted by molar-refractivity contribution is -0.126. The molecule has 2 atom stereocenters. The Morgan fingerprint density at radius 2 is 1.74 bits per heavy atom. The van der Waals surface area contributed by atoms with Crippen molar-refractivity contribution in [1.82, 2.24) is 15.6 Å². The van der Waals surface area contributed by atoms with Crippen molar-refractivity contribution in [2.45, 2.75) is 18.9 Å². The highest BCUT2D eigenvalue weighted by Crippen LogP contribution is 2.48. The van der Waals surface area contributed by atoms with Crippen molar-refractivity contribution in [3.8, 4) is 0 Å². The predicted molar refractivity (Wildman–Crippen MR) is 104 cm³/mol. The first kappa shape index (κ1) is 17.2. The Morgan fingerprint density at radius 1 is 0.963 bits per heavy atom. The van der Waals surface area contributed by atoms with Crippen LogP contribution < -0.4 is 10.6 Å². The lowest BCUT2D eigenvalue weighted by atomic mass is 10.0. The zero-order valence-electron chi connectivity index (χ0n) is 14.9. The molecule has 1 aliphatic carbocycles. The zero-order valence-corrected chi connectivity index (χ0v) is 14.9. The number of aromatic nitrogens is 1. The van der Waals surface area contributed by atoms with Crippen LogP contribution in [-0.4, -0.2) is 23.3 Å². The largest absolute Gasteiger partial charge is 0.350 e. The summed E-state index contributed by atoms with van der Waals surface area (Å²) < 4.78 is 0. The fraction of sp³-hybridized carbons (Fsp3) is 0.227. The molecule has 27 heavy (non-hydrogen) atoms. The monoisotopic (exact) mass is 359 g/mol. The van der Waals surface area contributed by atoms with Crippen LogP contribution in [0.4, 0.5) is 0 Å². The Morgan fingerprint density at radius 3 is 2.56 bits per heavy atom. The molecule has 2 amide bonds. The summed E-state index contributed by atoms with van der Waals surface area (Å²) in [6, 6.07) is 18.3. The molecule has 5 nitrogen and oxygen atoms in total. The molecule has 2 aromatic carbocycles. The van der Waals surface area contributed by atoms with Gasteiger partial charge in [0.25, 0.3) is 0 Å². The van der Waals surface area contributed by atoms with Crippen molar-refractivity contribution in [3.63, 3.8) is 0 Å². The number of hydrogen-bond donors (Lipinski definition) is 2. The van der Waals surface area contributed by atoms with E-state index in [0.29, 0.717) is 6.54 Å². The summed E-state index contributed by atoms with van der Waals surface area (Å²) in [7, 11) is 0. The van der Waals surface area contributed by atoms with Gasteiger partial charge in [0.15, 0.2) is 0 Å². The number of carbonyl (C=O) groups excluding carboxylic acids is 2. The Balaban J connectivity index is 1.26. The normalized spacial score (nSPS) is 18.1. The van der Waals surface area contributed by atoms with Gasteiger partial charge in [0, 0.05) is 24.9 Å². The Bertz CT molecular complexity index is 971. The highest BCUT2D eigenvalue weighted by atomic mass is 16.2. The second-order valence-electron chi connectivity index (χ2n) is 6.91. The molecular formula is C22H21N3O2. The topological polar surface area (TPSA) is 71.1 Å². The van der Waals surface area contributed by atoms with E-state index in [9.17, 15) is 9.59 Å². The minimum Gasteiger partial charge on any atom is -0.350 e. The number of fused-ring (bicyclic) bond motifs is 1. The molecule has 0 aliphatic heterocycles. The fourth-order valence-corrected chi connectivity index (χ4v) is 3.35. The van der Waals surface area contributed by atoms with Crippen LogP contribution in [-0.2, 0) is 16.1 Å². The highest BCUT2D eigenvalue weighted by Gasteiger charge is 2.43. The second kappa shape index (κ2) is 7.58. The number of amides is 2. The summed E-state index contributed by atoms with van der Waals surface area (Å²) in [6.07, 6.45) is 4.20. The maximum Gasteiger partial charge on any atom is 0.239 e. The molecule has 3 aromatic rings. The molecule has 0 spiro atoms. The predicted octanol–water partition coefficient (Wildman–Crippen LogP) is 2.77. The smallest absolute Gasteiger partial charge is 0.239 e. The van der Waals surface area contributed by atoms with Gasteiger partial charge in [-0.15, -0.1) is 0 Å². The number of nitrogens with zero attached hydrogens (tertiary/aromatic N) is 1. The van der Waals surface area contributed by atoms with E-state index in [1.54, 1.807) is 12.4 Å². The van der Waals surface area contributed by atoms with Crippen LogP contribution in [0.15, 0.2) is 67.0 Å². The van der Waals surface area contributed by atoms with Gasteiger partial charge in [0.2, 0.25) is 11.8 Å². The Labute approximate surface area is 157 Å². The molecule has 1 heterocycles. The van der Waals surface area contributed by atoms with E-state index in [2.05, 4.69) is 45.9 Å². The molecule has 1 aromatic heterocycles. The van der Waals surface area contributed by atoms with Gasteiger partial charge < -0.3 is 10.6 Å². The molecule has 1 saturated carbocycles. The van der Waals surface area contributed by atoms with E-state index in [4.69, 9.17) is 0 Å². The summed E-state index contributed by atoms with van der Waals surface area (Å²) >= 11 is 0. The first-order chi connectivity index (χ1) is 13.2. The molecule has 0 radical (unpaired) electrons. The van der Waals surface area contributed by atoms with Crippen LogP contribution in [0.5, 0.6) is 0 Å². The number of nitrogens with one attached hydrogen (secondary N) is 2. The second-order valence-corrected chi connectivity index (χ2v) is 6.91. The van der Waals surface area contributed by atoms with Gasteiger partial charge in [0.1, 0.15) is 0 Å². The summed E-state index contributed by atoms with van der Waals surface area (Å²) in [5, 5.41) is 7.94. The Hall–Kier alpha value is -3.21. The maximum atomic E-state index is 12.3. The van der Waals surface area contributed by atoms with Gasteiger partial charge >= 0.3 is 0 Å². The van der Waals surface area contributed by atoms with E-state index in [1.807, 2.05) is 24.3 Å². The lowest BCUT2D eigenvalue weighted by Crippen LogP contribution is -2.37. The van der Waals surface area contributed by atoms with Crippen molar-refractivity contribution >= 4 is 22.6 Å². The van der Waals surface area contributed by atoms with Crippen molar-refractivity contribution in [2.24, 2.45) is 5.92 Å². The average Bonchev–Trinajstić information content (AvgIpc) is 3.52. The molecule has 1 fully saturated rings. The molecule has 136 valence electrons. The molecule has 0 bridgehead atoms. The number of rotatable bonds is 6. The quantitative estimate of drug-likeness (QED) is 0.711. The molecule has 5 heteroatoms. The fourth-order valence-electron chi connectivity index (χ4n) is 3.35. The van der Waals surface area contributed by atoms with Crippen LogP contribution in [0.1, 0.15) is 23.5 Å². The van der Waals surface area contributed by atoms with E-state index < -0.39 is 0 Å². The number of carbonyl (C=O) groups is 2. The summed E-state index contributed by atoms with van der Waals surface area (Å²) in [5.41, 5.74) is 2.17. The molecule has 4 rings (SSSR count). The molecule has 0 unspecified atom stereocenters. The third-order valence-electron chi connectivity index (χ3n) is 4.99. The van der Waals surface area contributed by atoms with Gasteiger partial charge in [-0.1, -0.05) is 42.5 Å². The van der Waals surface area contributed by atoms with Crippen LogP contribution in [0.3, 0.4) is 0 Å². The van der Waals surface area contributed by atoms with E-state index in [1.165, 1.54) is 16.3 Å². The first-order valence-corrected chi connectivity index (χ1v) is 9.13. The summed E-state index contributed by atoms with van der Waals surface area (Å²) in [6.45, 7) is 0.436. The average molecular weight is 359 g/mol. The summed E-state index contributed by atoms with van der Waals surface area (Å²) in [5.74, 6) is -0.0380. The zero-order chi connectivity index (χ0) is 18.6. The standard InChI is InChI=1S/C22H21N3O2/c26-21(24-13-15-7-9-23-10-8-15)14-25-22(27)20-12-19(20)18-6-5-16-3-1-2-4-17(16)11-18/h1-11,19-20H,12-14H2,(H,24,26)(H,25,27)/t19-,20+/m0/s1. The third-order valence-corrected chi connectivity index (χ3v) is 4.99. The van der Waals surface area contributed by atoms with Crippen LogP contribution in [0.25, 0.3) is 10.8 Å². The SMILES string of the molecule is O=C(CNC(=O)[C@@H]1C[C@H]1c1ccc2ccccc2c1)NCc1ccncc1. The minimum absolute atomic E-state index is 0.00482. The molecule has 0 saturated heterocycles. The highest BCUT2D eigenvalue weighted by molar-refractivity contribution is 5.88. The van der Waals surface area contributed by atoms with E-state index in [-0.39, 0.29) is 30.2 Å². The number of hydrogen-bond acceptors (Lipinski definition) is 3. The first-order valence-electron chi connectivity index (χ1n) is 9.13. The van der Waals surface area contributed by atoms with Crippen molar-refractivity contribution in [2.75, 3.05) is 6.54 Å². The molecular weight excluding hydrogens is 338 g/mol. The van der Waals surface area contributed by atoms with Crippen molar-refractivity contribution in [3.05, 3.63) is 78.1 Å². The Kier molecular flexibility index (Phi) is 4.83. The lowest BCUT2D eigenvalue weighted by Gasteiger charge is -2.07. The van der Waals surface area contributed by atoms with E-state index in [0.717, 1.165) is 12.0 Å². The van der Waals surface area contributed by atoms with Crippen molar-refractivity contribution in [1.29, 1.82) is 0 Å². The molecule has 1 aliphatic rings. The third kappa shape index (κ3) is 4.14. The van der Waals surface area contributed by atoms with Gasteiger partial charge in [-0.3, -0.25) is 14.6 Å². The van der Waals surface area contributed by atoms with Gasteiger partial charge in [-0.25, -0.2) is 0 Å². The molecule has 2 N–H and O–H groups in total. The van der Waals surface area contributed by atoms with Gasteiger partial charge in [0.05, 0.1) is 6.54 Å². The van der Waals surface area contributed by atoms with Crippen LogP contribution in [0, 0.1) is 5.92 Å². The summed E-state index contributed by atoms with van der Waals surface area (Å²) in [4.78, 5) is 28.2. The van der Waals surface area contributed by atoms with Crippen LogP contribution >= 0.6 is 0 Å². The maximum absolute atomic E-state index is 12.3. The van der Waals surface area contributed by atoms with Gasteiger partial charge in [-0.2, -0.15) is 0 Å². The van der Waals surface area contributed by atoms with E-state index >= 15 is 0 Å². The van der Waals surface area contributed by atoms with Crippen LogP contribution in [0.2, 0.25) is 0 Å². The minimum atomic E-state index is -0.192. The number of pyridine rings is 1.